The van der Waals surface area contributed by atoms with Gasteiger partial charge in [0, 0.05) is 17.9 Å². The van der Waals surface area contributed by atoms with Gasteiger partial charge in [-0.05, 0) is 37.6 Å². The number of aromatic nitrogens is 3. The number of carbonyl (C=O) groups is 1. The summed E-state index contributed by atoms with van der Waals surface area (Å²) in [5, 5.41) is 11.8. The van der Waals surface area contributed by atoms with Gasteiger partial charge in [0.25, 0.3) is 0 Å². The summed E-state index contributed by atoms with van der Waals surface area (Å²) >= 11 is 1.43. The second kappa shape index (κ2) is 9.84. The van der Waals surface area contributed by atoms with Crippen LogP contribution in [0.3, 0.4) is 0 Å². The molecule has 0 aliphatic carbocycles. The third-order valence-electron chi connectivity index (χ3n) is 5.00. The van der Waals surface area contributed by atoms with E-state index in [-0.39, 0.29) is 12.0 Å². The van der Waals surface area contributed by atoms with Crippen LogP contribution in [0.1, 0.15) is 29.5 Å². The molecule has 1 fully saturated rings. The van der Waals surface area contributed by atoms with E-state index < -0.39 is 0 Å². The maximum Gasteiger partial charge on any atom is 0.226 e. The Kier molecular flexibility index (Phi) is 6.73. The third kappa shape index (κ3) is 5.56. The number of para-hydroxylation sites is 1. The normalized spacial score (nSPS) is 16.2. The molecule has 1 amide bonds. The molecule has 1 aliphatic heterocycles. The Morgan fingerprint density at radius 1 is 1.32 bits per heavy atom. The van der Waals surface area contributed by atoms with Crippen LogP contribution in [0.25, 0.3) is 0 Å². The average molecular weight is 440 g/mol. The van der Waals surface area contributed by atoms with Gasteiger partial charge >= 0.3 is 0 Å². The van der Waals surface area contributed by atoms with E-state index in [9.17, 15) is 4.79 Å². The van der Waals surface area contributed by atoms with Crippen molar-refractivity contribution in [2.24, 2.45) is 0 Å². The van der Waals surface area contributed by atoms with Crippen molar-refractivity contribution in [1.82, 2.24) is 20.1 Å². The lowest BCUT2D eigenvalue weighted by molar-refractivity contribution is -0.139. The molecular weight excluding hydrogens is 414 g/mol. The number of ether oxygens (including phenoxy) is 2. The van der Waals surface area contributed by atoms with Crippen molar-refractivity contribution in [3.05, 3.63) is 58.9 Å². The fourth-order valence-electron chi connectivity index (χ4n) is 3.46. The van der Waals surface area contributed by atoms with Gasteiger partial charge in [-0.15, -0.1) is 10.2 Å². The quantitative estimate of drug-likeness (QED) is 0.601. The van der Waals surface area contributed by atoms with E-state index in [1.807, 2.05) is 55.1 Å². The molecule has 31 heavy (non-hydrogen) atoms. The minimum atomic E-state index is -0.273. The molecule has 4 rings (SSSR count). The Morgan fingerprint density at radius 3 is 3.00 bits per heavy atom. The maximum absolute atomic E-state index is 12.7. The zero-order chi connectivity index (χ0) is 21.6. The number of amides is 1. The molecule has 1 aromatic carbocycles. The van der Waals surface area contributed by atoms with Crippen molar-refractivity contribution in [3.63, 3.8) is 0 Å². The topological polar surface area (TPSA) is 89.5 Å². The molecule has 2 aromatic heterocycles. The molecule has 162 valence electrons. The van der Waals surface area contributed by atoms with Gasteiger partial charge in [-0.3, -0.25) is 9.78 Å². The van der Waals surface area contributed by atoms with Crippen LogP contribution in [0, 0.1) is 13.8 Å². The second-order valence-corrected chi connectivity index (χ2v) is 8.19. The molecule has 0 spiro atoms. The second-order valence-electron chi connectivity index (χ2n) is 7.35. The molecule has 3 aromatic rings. The maximum atomic E-state index is 12.7. The fraction of sp³-hybridized carbons (Fsp3) is 0.364. The number of anilines is 2. The Morgan fingerprint density at radius 2 is 2.19 bits per heavy atom. The summed E-state index contributed by atoms with van der Waals surface area (Å²) in [7, 11) is 0. The van der Waals surface area contributed by atoms with Crippen molar-refractivity contribution in [2.75, 3.05) is 31.6 Å². The number of benzene rings is 1. The van der Waals surface area contributed by atoms with Crippen molar-refractivity contribution < 1.29 is 14.3 Å². The molecule has 1 unspecified atom stereocenters. The van der Waals surface area contributed by atoms with Crippen molar-refractivity contribution in [1.29, 1.82) is 0 Å². The largest absolute Gasteiger partial charge is 0.493 e. The first-order valence-electron chi connectivity index (χ1n) is 10.2. The van der Waals surface area contributed by atoms with E-state index >= 15 is 0 Å². The van der Waals surface area contributed by atoms with Crippen LogP contribution in [0.15, 0.2) is 41.9 Å². The number of hydrogen-bond acceptors (Lipinski definition) is 8. The van der Waals surface area contributed by atoms with Gasteiger partial charge in [0.1, 0.15) is 17.4 Å². The zero-order valence-corrected chi connectivity index (χ0v) is 18.4. The third-order valence-corrected chi connectivity index (χ3v) is 5.61. The Balaban J connectivity index is 1.36. The number of aryl methyl sites for hydroxylation is 2. The molecule has 1 saturated heterocycles. The van der Waals surface area contributed by atoms with E-state index in [0.29, 0.717) is 37.9 Å². The lowest BCUT2D eigenvalue weighted by atomic mass is 10.1. The summed E-state index contributed by atoms with van der Waals surface area (Å²) in [6.07, 6.45) is 0.0523. The van der Waals surface area contributed by atoms with Gasteiger partial charge in [-0.25, -0.2) is 0 Å². The summed E-state index contributed by atoms with van der Waals surface area (Å²) in [5.74, 6) is 0.872. The number of rotatable bonds is 7. The first-order chi connectivity index (χ1) is 15.1. The van der Waals surface area contributed by atoms with Gasteiger partial charge < -0.3 is 19.7 Å². The molecule has 1 N–H and O–H groups in total. The molecule has 1 aliphatic rings. The van der Waals surface area contributed by atoms with E-state index in [4.69, 9.17) is 9.47 Å². The summed E-state index contributed by atoms with van der Waals surface area (Å²) in [6, 6.07) is 11.7. The van der Waals surface area contributed by atoms with Crippen LogP contribution in [0.4, 0.5) is 10.8 Å². The highest BCUT2D eigenvalue weighted by Gasteiger charge is 2.26. The van der Waals surface area contributed by atoms with Gasteiger partial charge in [0.2, 0.25) is 11.0 Å². The molecule has 9 heteroatoms. The fourth-order valence-corrected chi connectivity index (χ4v) is 3.93. The van der Waals surface area contributed by atoms with Crippen LogP contribution < -0.4 is 10.1 Å². The van der Waals surface area contributed by atoms with Crippen molar-refractivity contribution >= 4 is 28.1 Å². The lowest BCUT2D eigenvalue weighted by Gasteiger charge is -2.33. The molecular formula is C22H25N5O3S. The number of hydrogen-bond donors (Lipinski definition) is 1. The smallest absolute Gasteiger partial charge is 0.226 e. The molecule has 0 bridgehead atoms. The predicted octanol–water partition coefficient (Wildman–Crippen LogP) is 3.66. The Bertz CT molecular complexity index is 1030. The zero-order valence-electron chi connectivity index (χ0n) is 17.6. The monoisotopic (exact) mass is 439 g/mol. The molecule has 3 heterocycles. The molecule has 8 nitrogen and oxygen atoms in total. The Labute approximate surface area is 185 Å². The van der Waals surface area contributed by atoms with E-state index in [0.717, 1.165) is 28.4 Å². The minimum Gasteiger partial charge on any atom is -0.493 e. The highest BCUT2D eigenvalue weighted by atomic mass is 32.1. The van der Waals surface area contributed by atoms with Gasteiger partial charge in [-0.1, -0.05) is 29.5 Å². The van der Waals surface area contributed by atoms with Crippen LogP contribution >= 0.6 is 11.3 Å². The highest BCUT2D eigenvalue weighted by molar-refractivity contribution is 7.13. The molecule has 0 saturated carbocycles. The average Bonchev–Trinajstić information content (AvgIpc) is 3.28. The van der Waals surface area contributed by atoms with Crippen LogP contribution in [0.2, 0.25) is 0 Å². The van der Waals surface area contributed by atoms with Crippen LogP contribution in [0.5, 0.6) is 5.75 Å². The van der Waals surface area contributed by atoms with Gasteiger partial charge in [-0.2, -0.15) is 0 Å². The standard InChI is InChI=1S/C22H25N5O3S/c1-15-5-3-4-6-19(15)29-9-7-21(28)27-8-10-30-20(13-27)18-12-17(11-16(2)24-18)25-22-26-23-14-31-22/h3-6,11-12,14,20H,7-10,13H2,1-2H3,(H,24,25,26). The Hall–Kier alpha value is -3.04. The van der Waals surface area contributed by atoms with Crippen LogP contribution in [-0.4, -0.2) is 52.3 Å². The first kappa shape index (κ1) is 21.2. The first-order valence-corrected chi connectivity index (χ1v) is 11.1. The number of nitrogens with one attached hydrogen (secondary N) is 1. The highest BCUT2D eigenvalue weighted by Crippen LogP contribution is 2.26. The molecule has 1 atom stereocenters. The van der Waals surface area contributed by atoms with Crippen molar-refractivity contribution in [3.8, 4) is 5.75 Å². The number of carbonyl (C=O) groups excluding carboxylic acids is 1. The number of pyridine rings is 1. The molecule has 0 radical (unpaired) electrons. The SMILES string of the molecule is Cc1cc(Nc2nncs2)cc(C2CN(C(=O)CCOc3ccccc3C)CCO2)n1. The predicted molar refractivity (Wildman–Crippen MR) is 119 cm³/mol. The van der Waals surface area contributed by atoms with E-state index in [2.05, 4.69) is 20.5 Å². The number of morpholine rings is 1. The number of nitrogens with zero attached hydrogens (tertiary/aromatic N) is 4. The summed E-state index contributed by atoms with van der Waals surface area (Å²) in [4.78, 5) is 19.2. The van der Waals surface area contributed by atoms with E-state index in [1.54, 1.807) is 5.51 Å². The summed E-state index contributed by atoms with van der Waals surface area (Å²) in [6.45, 7) is 5.80. The van der Waals surface area contributed by atoms with Gasteiger partial charge in [0.15, 0.2) is 0 Å². The summed E-state index contributed by atoms with van der Waals surface area (Å²) in [5.41, 5.74) is 5.26. The van der Waals surface area contributed by atoms with E-state index in [1.165, 1.54) is 11.3 Å². The van der Waals surface area contributed by atoms with Crippen LogP contribution in [-0.2, 0) is 9.53 Å². The lowest BCUT2D eigenvalue weighted by Crippen LogP contribution is -2.42. The van der Waals surface area contributed by atoms with Crippen molar-refractivity contribution in [2.45, 2.75) is 26.4 Å². The minimum absolute atomic E-state index is 0.0572. The van der Waals surface area contributed by atoms with Gasteiger partial charge in [0.05, 0.1) is 31.9 Å². The summed E-state index contributed by atoms with van der Waals surface area (Å²) < 4.78 is 11.7.